The maximum Gasteiger partial charge on any atom is 0.316 e. The van der Waals surface area contributed by atoms with Gasteiger partial charge in [0.25, 0.3) is 5.91 Å². The lowest BCUT2D eigenvalue weighted by molar-refractivity contribution is -0.146. The molecule has 136 valence electrons. The van der Waals surface area contributed by atoms with Gasteiger partial charge in [-0.05, 0) is 82.0 Å². The molecule has 0 bridgehead atoms. The van der Waals surface area contributed by atoms with Crippen molar-refractivity contribution in [1.82, 2.24) is 4.90 Å². The smallest absolute Gasteiger partial charge is 0.316 e. The van der Waals surface area contributed by atoms with E-state index in [1.54, 1.807) is 36.1 Å². The Morgan fingerprint density at radius 2 is 1.81 bits per heavy atom. The van der Waals surface area contributed by atoms with Gasteiger partial charge in [0.1, 0.15) is 5.41 Å². The fourth-order valence-corrected chi connectivity index (χ4v) is 4.39. The number of carbonyl (C=O) groups is 2. The summed E-state index contributed by atoms with van der Waals surface area (Å²) in [6, 6.07) is 11.9. The average Bonchev–Trinajstić information content (AvgIpc) is 2.60. The second-order valence-electron chi connectivity index (χ2n) is 6.94. The minimum Gasteiger partial charge on any atom is -0.481 e. The molecular weight excluding hydrogens is 462 g/mol. The summed E-state index contributed by atoms with van der Waals surface area (Å²) in [6.45, 7) is 5.53. The molecule has 0 aliphatic carbocycles. The predicted octanol–water partition coefficient (Wildman–Crippen LogP) is 5.16. The zero-order chi connectivity index (χ0) is 19.2. The molecule has 1 aliphatic heterocycles. The van der Waals surface area contributed by atoms with Gasteiger partial charge in [0.15, 0.2) is 0 Å². The van der Waals surface area contributed by atoms with Gasteiger partial charge in [0.05, 0.1) is 6.04 Å². The maximum atomic E-state index is 13.2. The monoisotopic (exact) mass is 479 g/mol. The van der Waals surface area contributed by atoms with E-state index >= 15 is 0 Å². The number of carbonyl (C=O) groups excluding carboxylic acids is 1. The van der Waals surface area contributed by atoms with Crippen LogP contribution >= 0.6 is 31.9 Å². The Hall–Kier alpha value is -1.66. The SMILES string of the molecule is CC(C)N1C(=O)c2ccccc2[C@@](C)(C(=O)O)[C@H]1c1ccc(Br)c(Br)c1. The number of hydrogen-bond acceptors (Lipinski definition) is 2. The summed E-state index contributed by atoms with van der Waals surface area (Å²) in [6.07, 6.45) is 0. The molecule has 6 heteroatoms. The summed E-state index contributed by atoms with van der Waals surface area (Å²) in [4.78, 5) is 27.4. The fourth-order valence-electron chi connectivity index (χ4n) is 3.75. The highest BCUT2D eigenvalue weighted by atomic mass is 79.9. The van der Waals surface area contributed by atoms with E-state index in [0.717, 1.165) is 14.5 Å². The van der Waals surface area contributed by atoms with Crippen LogP contribution in [0.5, 0.6) is 0 Å². The lowest BCUT2D eigenvalue weighted by Crippen LogP contribution is -2.56. The average molecular weight is 481 g/mol. The third kappa shape index (κ3) is 2.79. The van der Waals surface area contributed by atoms with Crippen LogP contribution < -0.4 is 0 Å². The van der Waals surface area contributed by atoms with Crippen LogP contribution in [-0.4, -0.2) is 27.9 Å². The standard InChI is InChI=1S/C20H19Br2NO3/c1-11(2)23-17(12-8-9-15(21)16(22)10-12)20(3,19(25)26)14-7-5-4-6-13(14)18(23)24/h4-11,17H,1-3H3,(H,25,26)/t17-,20-/m1/s1. The van der Waals surface area contributed by atoms with Crippen LogP contribution in [0.1, 0.15) is 48.3 Å². The molecule has 0 saturated heterocycles. The number of halogens is 2. The molecular formula is C20H19Br2NO3. The van der Waals surface area contributed by atoms with Crippen LogP contribution in [0.15, 0.2) is 51.4 Å². The summed E-state index contributed by atoms with van der Waals surface area (Å²) in [7, 11) is 0. The molecule has 4 nitrogen and oxygen atoms in total. The van der Waals surface area contributed by atoms with E-state index in [2.05, 4.69) is 31.9 Å². The van der Waals surface area contributed by atoms with E-state index in [-0.39, 0.29) is 11.9 Å². The van der Waals surface area contributed by atoms with Crippen molar-refractivity contribution in [3.05, 3.63) is 68.1 Å². The van der Waals surface area contributed by atoms with Crippen LogP contribution in [0, 0.1) is 0 Å². The van der Waals surface area contributed by atoms with E-state index in [9.17, 15) is 14.7 Å². The number of amides is 1. The van der Waals surface area contributed by atoms with E-state index in [1.165, 1.54) is 0 Å². The van der Waals surface area contributed by atoms with Gasteiger partial charge in [0, 0.05) is 20.6 Å². The Balaban J connectivity index is 2.35. The summed E-state index contributed by atoms with van der Waals surface area (Å²) < 4.78 is 1.69. The van der Waals surface area contributed by atoms with Crippen molar-refractivity contribution in [3.8, 4) is 0 Å². The van der Waals surface area contributed by atoms with Gasteiger partial charge in [0.2, 0.25) is 0 Å². The molecule has 0 radical (unpaired) electrons. The van der Waals surface area contributed by atoms with E-state index in [0.29, 0.717) is 11.1 Å². The third-order valence-corrected chi connectivity index (χ3v) is 6.92. The molecule has 0 spiro atoms. The van der Waals surface area contributed by atoms with Crippen molar-refractivity contribution in [3.63, 3.8) is 0 Å². The number of carboxylic acid groups (broad SMARTS) is 1. The van der Waals surface area contributed by atoms with Crippen LogP contribution in [0.2, 0.25) is 0 Å². The molecule has 1 aliphatic rings. The molecule has 1 N–H and O–H groups in total. The van der Waals surface area contributed by atoms with Crippen LogP contribution in [-0.2, 0) is 10.2 Å². The van der Waals surface area contributed by atoms with Crippen LogP contribution in [0.4, 0.5) is 0 Å². The summed E-state index contributed by atoms with van der Waals surface area (Å²) in [5.74, 6) is -1.09. The van der Waals surface area contributed by atoms with Gasteiger partial charge in [-0.3, -0.25) is 9.59 Å². The fraction of sp³-hybridized carbons (Fsp3) is 0.300. The third-order valence-electron chi connectivity index (χ3n) is 5.04. The van der Waals surface area contributed by atoms with Crippen LogP contribution in [0.3, 0.4) is 0 Å². The second kappa shape index (κ2) is 6.82. The first-order valence-corrected chi connectivity index (χ1v) is 9.88. The Bertz CT molecular complexity index is 896. The zero-order valence-corrected chi connectivity index (χ0v) is 17.8. The van der Waals surface area contributed by atoms with Crippen molar-refractivity contribution in [2.24, 2.45) is 0 Å². The molecule has 26 heavy (non-hydrogen) atoms. The topological polar surface area (TPSA) is 57.6 Å². The molecule has 1 heterocycles. The summed E-state index contributed by atoms with van der Waals surface area (Å²) >= 11 is 6.94. The molecule has 0 saturated carbocycles. The van der Waals surface area contributed by atoms with Crippen LogP contribution in [0.25, 0.3) is 0 Å². The number of nitrogens with zero attached hydrogens (tertiary/aromatic N) is 1. The Labute approximate surface area is 169 Å². The molecule has 0 aromatic heterocycles. The van der Waals surface area contributed by atoms with Crippen molar-refractivity contribution < 1.29 is 14.7 Å². The first-order chi connectivity index (χ1) is 12.2. The largest absolute Gasteiger partial charge is 0.481 e. The highest BCUT2D eigenvalue weighted by Gasteiger charge is 2.54. The molecule has 1 amide bonds. The number of hydrogen-bond donors (Lipinski definition) is 1. The normalized spacial score (nSPS) is 22.5. The van der Waals surface area contributed by atoms with Gasteiger partial charge in [-0.15, -0.1) is 0 Å². The molecule has 2 aromatic carbocycles. The lowest BCUT2D eigenvalue weighted by atomic mass is 9.68. The van der Waals surface area contributed by atoms with Crippen molar-refractivity contribution in [2.45, 2.75) is 38.3 Å². The Kier molecular flexibility index (Phi) is 5.01. The highest BCUT2D eigenvalue weighted by molar-refractivity contribution is 9.13. The molecule has 3 rings (SSSR count). The van der Waals surface area contributed by atoms with Crippen molar-refractivity contribution in [1.29, 1.82) is 0 Å². The molecule has 0 unspecified atom stereocenters. The minimum absolute atomic E-state index is 0.140. The van der Waals surface area contributed by atoms with Gasteiger partial charge in [-0.2, -0.15) is 0 Å². The summed E-state index contributed by atoms with van der Waals surface area (Å²) in [5.41, 5.74) is 0.528. The second-order valence-corrected chi connectivity index (χ2v) is 8.64. The Morgan fingerprint density at radius 3 is 2.38 bits per heavy atom. The van der Waals surface area contributed by atoms with E-state index in [1.807, 2.05) is 32.0 Å². The number of rotatable bonds is 3. The molecule has 2 atom stereocenters. The van der Waals surface area contributed by atoms with Gasteiger partial charge in [-0.1, -0.05) is 24.3 Å². The van der Waals surface area contributed by atoms with Crippen molar-refractivity contribution in [2.75, 3.05) is 0 Å². The summed E-state index contributed by atoms with van der Waals surface area (Å²) in [5, 5.41) is 10.2. The first-order valence-electron chi connectivity index (χ1n) is 8.30. The number of aliphatic carboxylic acids is 1. The van der Waals surface area contributed by atoms with E-state index in [4.69, 9.17) is 0 Å². The molecule has 2 aromatic rings. The predicted molar refractivity (Wildman–Crippen MR) is 107 cm³/mol. The van der Waals surface area contributed by atoms with Crippen molar-refractivity contribution >= 4 is 43.7 Å². The minimum atomic E-state index is -1.26. The first kappa shape index (κ1) is 19.1. The van der Waals surface area contributed by atoms with Gasteiger partial charge >= 0.3 is 5.97 Å². The molecule has 0 fully saturated rings. The Morgan fingerprint density at radius 1 is 1.15 bits per heavy atom. The lowest BCUT2D eigenvalue weighted by Gasteiger charge is -2.48. The van der Waals surface area contributed by atoms with E-state index < -0.39 is 17.4 Å². The van der Waals surface area contributed by atoms with Gasteiger partial charge in [-0.25, -0.2) is 0 Å². The van der Waals surface area contributed by atoms with Gasteiger partial charge < -0.3 is 10.0 Å². The number of fused-ring (bicyclic) bond motifs is 1. The number of benzene rings is 2. The quantitative estimate of drug-likeness (QED) is 0.660. The zero-order valence-electron chi connectivity index (χ0n) is 14.7. The number of carboxylic acids is 1. The maximum absolute atomic E-state index is 13.2. The highest BCUT2D eigenvalue weighted by Crippen LogP contribution is 2.48.